The number of fused-ring (bicyclic) bond motifs is 1. The number of aromatic nitrogens is 1. The van der Waals surface area contributed by atoms with Crippen molar-refractivity contribution >= 4 is 28.5 Å². The molecule has 1 N–H and O–H groups in total. The Labute approximate surface area is 124 Å². The van der Waals surface area contributed by atoms with Crippen molar-refractivity contribution in [3.05, 3.63) is 34.7 Å². The molecule has 2 aromatic heterocycles. The molecule has 0 saturated carbocycles. The van der Waals surface area contributed by atoms with Gasteiger partial charge in [-0.1, -0.05) is 11.3 Å². The van der Waals surface area contributed by atoms with E-state index >= 15 is 0 Å². The van der Waals surface area contributed by atoms with E-state index in [-0.39, 0.29) is 17.8 Å². The first-order valence-electron chi connectivity index (χ1n) is 6.33. The molecule has 0 fully saturated rings. The van der Waals surface area contributed by atoms with Gasteiger partial charge in [0.1, 0.15) is 0 Å². The van der Waals surface area contributed by atoms with Gasteiger partial charge in [-0.2, -0.15) is 0 Å². The molecule has 0 aromatic carbocycles. The van der Waals surface area contributed by atoms with E-state index in [0.29, 0.717) is 24.6 Å². The Bertz CT molecular complexity index is 665. The van der Waals surface area contributed by atoms with Crippen LogP contribution in [-0.2, 0) is 17.7 Å². The van der Waals surface area contributed by atoms with Crippen LogP contribution in [0.4, 0.5) is 9.93 Å². The number of nitrogens with one attached hydrogen (secondary N) is 1. The molecule has 8 heteroatoms. The van der Waals surface area contributed by atoms with E-state index in [4.69, 9.17) is 9.15 Å². The van der Waals surface area contributed by atoms with Crippen LogP contribution < -0.4 is 5.32 Å². The van der Waals surface area contributed by atoms with Gasteiger partial charge in [-0.15, -0.1) is 0 Å². The molecule has 0 aliphatic carbocycles. The Morgan fingerprint density at radius 1 is 1.52 bits per heavy atom. The Morgan fingerprint density at radius 3 is 3.10 bits per heavy atom. The van der Waals surface area contributed by atoms with Crippen molar-refractivity contribution in [2.24, 2.45) is 0 Å². The van der Waals surface area contributed by atoms with E-state index in [9.17, 15) is 9.59 Å². The summed E-state index contributed by atoms with van der Waals surface area (Å²) in [7, 11) is 1.36. The number of thiazole rings is 1. The van der Waals surface area contributed by atoms with Crippen LogP contribution in [0.15, 0.2) is 22.8 Å². The fourth-order valence-electron chi connectivity index (χ4n) is 2.10. The van der Waals surface area contributed by atoms with Crippen LogP contribution in [0.3, 0.4) is 0 Å². The highest BCUT2D eigenvalue weighted by molar-refractivity contribution is 7.15. The van der Waals surface area contributed by atoms with E-state index < -0.39 is 0 Å². The van der Waals surface area contributed by atoms with Gasteiger partial charge in [0.15, 0.2) is 10.9 Å². The van der Waals surface area contributed by atoms with Gasteiger partial charge in [-0.25, -0.2) is 9.78 Å². The summed E-state index contributed by atoms with van der Waals surface area (Å²) in [5.41, 5.74) is 0.912. The first kappa shape index (κ1) is 13.6. The van der Waals surface area contributed by atoms with Gasteiger partial charge in [0.2, 0.25) is 0 Å². The maximum Gasteiger partial charge on any atom is 0.409 e. The predicted molar refractivity (Wildman–Crippen MR) is 75.3 cm³/mol. The van der Waals surface area contributed by atoms with Crippen LogP contribution in [0.5, 0.6) is 0 Å². The molecule has 7 nitrogen and oxygen atoms in total. The molecule has 2 amide bonds. The third-order valence-electron chi connectivity index (χ3n) is 3.13. The molecule has 3 heterocycles. The van der Waals surface area contributed by atoms with Gasteiger partial charge >= 0.3 is 6.09 Å². The lowest BCUT2D eigenvalue weighted by Gasteiger charge is -2.24. The van der Waals surface area contributed by atoms with Crippen molar-refractivity contribution < 1.29 is 18.7 Å². The van der Waals surface area contributed by atoms with Gasteiger partial charge in [0.05, 0.1) is 25.6 Å². The number of hydrogen-bond donors (Lipinski definition) is 1. The molecule has 0 unspecified atom stereocenters. The lowest BCUT2D eigenvalue weighted by molar-refractivity contribution is 0.0996. The van der Waals surface area contributed by atoms with E-state index in [0.717, 1.165) is 10.6 Å². The quantitative estimate of drug-likeness (QED) is 0.918. The third-order valence-corrected chi connectivity index (χ3v) is 4.13. The maximum absolute atomic E-state index is 11.9. The third kappa shape index (κ3) is 2.75. The van der Waals surface area contributed by atoms with Crippen molar-refractivity contribution in [3.63, 3.8) is 0 Å². The molecule has 0 atom stereocenters. The Hall–Kier alpha value is -2.35. The second-order valence-electron chi connectivity index (χ2n) is 4.46. The van der Waals surface area contributed by atoms with Crippen LogP contribution in [0.1, 0.15) is 21.1 Å². The van der Waals surface area contributed by atoms with Gasteiger partial charge < -0.3 is 14.1 Å². The summed E-state index contributed by atoms with van der Waals surface area (Å²) in [6.45, 7) is 1.02. The zero-order chi connectivity index (χ0) is 14.8. The summed E-state index contributed by atoms with van der Waals surface area (Å²) in [6.07, 6.45) is 1.74. The first-order valence-corrected chi connectivity index (χ1v) is 7.15. The minimum Gasteiger partial charge on any atom is -0.459 e. The molecule has 110 valence electrons. The molecular formula is C13H13N3O4S. The summed E-state index contributed by atoms with van der Waals surface area (Å²) in [4.78, 5) is 30.4. The molecule has 1 aliphatic heterocycles. The second kappa shape index (κ2) is 5.57. The smallest absolute Gasteiger partial charge is 0.409 e. The summed E-state index contributed by atoms with van der Waals surface area (Å²) in [6, 6.07) is 3.23. The fraction of sp³-hybridized carbons (Fsp3) is 0.308. The van der Waals surface area contributed by atoms with Crippen LogP contribution in [0.25, 0.3) is 0 Å². The van der Waals surface area contributed by atoms with E-state index in [1.165, 1.54) is 24.7 Å². The number of nitrogens with zero attached hydrogens (tertiary/aromatic N) is 2. The minimum absolute atomic E-state index is 0.236. The second-order valence-corrected chi connectivity index (χ2v) is 5.55. The van der Waals surface area contributed by atoms with Crippen LogP contribution in [0, 0.1) is 0 Å². The van der Waals surface area contributed by atoms with E-state index in [2.05, 4.69) is 10.3 Å². The zero-order valence-electron chi connectivity index (χ0n) is 11.3. The molecule has 2 aromatic rings. The number of carbonyl (C=O) groups excluding carboxylic acids is 2. The largest absolute Gasteiger partial charge is 0.459 e. The molecule has 0 spiro atoms. The SMILES string of the molecule is COC(=O)N1CCc2nc(NC(=O)c3ccco3)sc2C1. The highest BCUT2D eigenvalue weighted by Gasteiger charge is 2.25. The average Bonchev–Trinajstić information content (AvgIpc) is 3.14. The lowest BCUT2D eigenvalue weighted by Crippen LogP contribution is -2.35. The number of carbonyl (C=O) groups is 2. The summed E-state index contributed by atoms with van der Waals surface area (Å²) in [5, 5.41) is 3.21. The van der Waals surface area contributed by atoms with E-state index in [1.807, 2.05) is 0 Å². The van der Waals surface area contributed by atoms with Crippen molar-refractivity contribution in [2.45, 2.75) is 13.0 Å². The number of hydrogen-bond acceptors (Lipinski definition) is 6. The van der Waals surface area contributed by atoms with Gasteiger partial charge in [-0.3, -0.25) is 10.1 Å². The van der Waals surface area contributed by atoms with Crippen molar-refractivity contribution in [2.75, 3.05) is 19.0 Å². The van der Waals surface area contributed by atoms with Crippen LogP contribution >= 0.6 is 11.3 Å². The number of anilines is 1. The Morgan fingerprint density at radius 2 is 2.38 bits per heavy atom. The number of rotatable bonds is 2. The number of amides is 2. The predicted octanol–water partition coefficient (Wildman–Crippen LogP) is 2.11. The number of furan rings is 1. The average molecular weight is 307 g/mol. The summed E-state index contributed by atoms with van der Waals surface area (Å²) < 4.78 is 9.74. The Kier molecular flexibility index (Phi) is 3.61. The number of methoxy groups -OCH3 is 1. The van der Waals surface area contributed by atoms with Crippen molar-refractivity contribution in [1.82, 2.24) is 9.88 Å². The van der Waals surface area contributed by atoms with Crippen LogP contribution in [0.2, 0.25) is 0 Å². The Balaban J connectivity index is 1.72. The molecule has 21 heavy (non-hydrogen) atoms. The summed E-state index contributed by atoms with van der Waals surface area (Å²) in [5.74, 6) is -0.102. The minimum atomic E-state index is -0.352. The normalized spacial score (nSPS) is 13.7. The van der Waals surface area contributed by atoms with Crippen LogP contribution in [-0.4, -0.2) is 35.5 Å². The zero-order valence-corrected chi connectivity index (χ0v) is 12.1. The molecule has 0 bridgehead atoms. The van der Waals surface area contributed by atoms with Gasteiger partial charge in [-0.05, 0) is 12.1 Å². The molecule has 0 saturated heterocycles. The van der Waals surface area contributed by atoms with E-state index in [1.54, 1.807) is 17.0 Å². The molecular weight excluding hydrogens is 294 g/mol. The van der Waals surface area contributed by atoms with Crippen molar-refractivity contribution in [1.29, 1.82) is 0 Å². The maximum atomic E-state index is 11.9. The first-order chi connectivity index (χ1) is 10.2. The molecule has 0 radical (unpaired) electrons. The van der Waals surface area contributed by atoms with Gasteiger partial charge in [0, 0.05) is 17.8 Å². The standard InChI is InChI=1S/C13H13N3O4S/c1-19-13(18)16-5-4-8-10(7-16)21-12(14-8)15-11(17)9-3-2-6-20-9/h2-3,6H,4-5,7H2,1H3,(H,14,15,17). The fourth-order valence-corrected chi connectivity index (χ4v) is 3.12. The highest BCUT2D eigenvalue weighted by Crippen LogP contribution is 2.28. The summed E-state index contributed by atoms with van der Waals surface area (Å²) >= 11 is 1.36. The van der Waals surface area contributed by atoms with Gasteiger partial charge in [0.25, 0.3) is 5.91 Å². The topological polar surface area (TPSA) is 84.7 Å². The monoisotopic (exact) mass is 307 g/mol. The molecule has 1 aliphatic rings. The molecule has 3 rings (SSSR count). The number of ether oxygens (including phenoxy) is 1. The van der Waals surface area contributed by atoms with Crippen molar-refractivity contribution in [3.8, 4) is 0 Å². The lowest BCUT2D eigenvalue weighted by atomic mass is 10.2. The highest BCUT2D eigenvalue weighted by atomic mass is 32.1.